The van der Waals surface area contributed by atoms with Gasteiger partial charge in [-0.1, -0.05) is 102 Å². The van der Waals surface area contributed by atoms with E-state index in [9.17, 15) is 0 Å². The van der Waals surface area contributed by atoms with Crippen LogP contribution in [-0.4, -0.2) is 17.6 Å². The van der Waals surface area contributed by atoms with Crippen LogP contribution in [0.25, 0.3) is 0 Å². The van der Waals surface area contributed by atoms with Gasteiger partial charge in [-0.2, -0.15) is 12.8 Å². The molecule has 0 aromatic carbocycles. The maximum atomic E-state index is 3.84. The molecular weight excluding hydrogens is 362 g/mol. The molecular formula is C20H44Si2Zn. The molecule has 0 aromatic rings. The molecule has 0 spiro atoms. The molecule has 0 aliphatic carbocycles. The maximum Gasteiger partial charge on any atom is 2.00 e. The van der Waals surface area contributed by atoms with Crippen LogP contribution in [0.1, 0.15) is 77.0 Å². The molecule has 0 nitrogen and oxygen atoms in total. The minimum absolute atomic E-state index is 0. The Bertz CT molecular complexity index is 164. The van der Waals surface area contributed by atoms with Crippen molar-refractivity contribution >= 4 is 17.6 Å². The van der Waals surface area contributed by atoms with Crippen molar-refractivity contribution in [2.75, 3.05) is 0 Å². The molecule has 0 aliphatic heterocycles. The average molecular weight is 406 g/mol. The van der Waals surface area contributed by atoms with E-state index in [2.05, 4.69) is 40.0 Å². The zero-order valence-corrected chi connectivity index (χ0v) is 22.0. The summed E-state index contributed by atoms with van der Waals surface area (Å²) in [7, 11) is 0.121. The van der Waals surface area contributed by atoms with Crippen LogP contribution in [0.4, 0.5) is 0 Å². The fourth-order valence-electron chi connectivity index (χ4n) is 2.37. The summed E-state index contributed by atoms with van der Waals surface area (Å²) >= 11 is 0. The van der Waals surface area contributed by atoms with Crippen LogP contribution in [-0.2, 0) is 19.5 Å². The summed E-state index contributed by atoms with van der Waals surface area (Å²) in [5.41, 5.74) is 0. The Morgan fingerprint density at radius 1 is 0.478 bits per heavy atom. The fraction of sp³-hybridized carbons (Fsp3) is 0.900. The molecule has 0 aromatic heterocycles. The van der Waals surface area contributed by atoms with E-state index in [1.165, 1.54) is 76.3 Å². The smallest absolute Gasteiger partial charge is 0.343 e. The van der Waals surface area contributed by atoms with E-state index in [1.54, 1.807) is 0 Å². The molecule has 0 rings (SSSR count). The summed E-state index contributed by atoms with van der Waals surface area (Å²) in [4.78, 5) is 0. The number of unbranched alkanes of at least 4 members (excludes halogenated alkanes) is 10. The standard InChI is InChI=1S/2C10H22Si.Zn/c2*1-4-5-6-7-8-9-10-11(2)3;/h2*1,4-10H2,2-3H3;/q2*-1;+2. The van der Waals surface area contributed by atoms with Crippen LogP contribution in [0.2, 0.25) is 38.3 Å². The van der Waals surface area contributed by atoms with Crippen molar-refractivity contribution in [3.05, 3.63) is 13.8 Å². The monoisotopic (exact) mass is 404 g/mol. The van der Waals surface area contributed by atoms with E-state index in [0.717, 1.165) is 12.8 Å². The quantitative estimate of drug-likeness (QED) is 0.157. The van der Waals surface area contributed by atoms with Crippen LogP contribution < -0.4 is 0 Å². The van der Waals surface area contributed by atoms with Crippen molar-refractivity contribution in [1.82, 2.24) is 0 Å². The molecule has 0 bridgehead atoms. The molecule has 0 saturated heterocycles. The Morgan fingerprint density at radius 2 is 0.739 bits per heavy atom. The first-order valence-corrected chi connectivity index (χ1v) is 15.1. The summed E-state index contributed by atoms with van der Waals surface area (Å²) in [6.07, 6.45) is 16.4. The Morgan fingerprint density at radius 3 is 1.00 bits per heavy atom. The minimum Gasteiger partial charge on any atom is -0.343 e. The number of hydrogen-bond donors (Lipinski definition) is 0. The van der Waals surface area contributed by atoms with Crippen LogP contribution in [0, 0.1) is 13.8 Å². The van der Waals surface area contributed by atoms with E-state index in [-0.39, 0.29) is 37.1 Å². The Labute approximate surface area is 166 Å². The van der Waals surface area contributed by atoms with Gasteiger partial charge in [-0.15, -0.1) is 0 Å². The van der Waals surface area contributed by atoms with E-state index >= 15 is 0 Å². The first-order chi connectivity index (χ1) is 10.5. The van der Waals surface area contributed by atoms with Crippen LogP contribution in [0.3, 0.4) is 0 Å². The van der Waals surface area contributed by atoms with Gasteiger partial charge in [0.15, 0.2) is 0 Å². The van der Waals surface area contributed by atoms with Gasteiger partial charge >= 0.3 is 19.5 Å². The van der Waals surface area contributed by atoms with Gasteiger partial charge in [-0.25, -0.2) is 0 Å². The van der Waals surface area contributed by atoms with Gasteiger partial charge < -0.3 is 13.8 Å². The third-order valence-electron chi connectivity index (χ3n) is 3.85. The topological polar surface area (TPSA) is 0 Å². The van der Waals surface area contributed by atoms with Gasteiger partial charge in [0.05, 0.1) is 0 Å². The second-order valence-electron chi connectivity index (χ2n) is 7.16. The summed E-state index contributed by atoms with van der Waals surface area (Å²) in [5, 5.41) is 0. The third kappa shape index (κ3) is 35.1. The number of hydrogen-bond acceptors (Lipinski definition) is 0. The molecule has 0 fully saturated rings. The van der Waals surface area contributed by atoms with Gasteiger partial charge in [-0.3, -0.25) is 0 Å². The predicted molar refractivity (Wildman–Crippen MR) is 111 cm³/mol. The van der Waals surface area contributed by atoms with E-state index in [0.29, 0.717) is 0 Å². The zero-order chi connectivity index (χ0) is 17.1. The summed E-state index contributed by atoms with van der Waals surface area (Å²) in [6, 6.07) is 3.02. The van der Waals surface area contributed by atoms with Gasteiger partial charge in [0.25, 0.3) is 0 Å². The molecule has 134 valence electrons. The number of rotatable bonds is 14. The zero-order valence-electron chi connectivity index (χ0n) is 17.0. The van der Waals surface area contributed by atoms with Crippen molar-refractivity contribution in [3.8, 4) is 0 Å². The van der Waals surface area contributed by atoms with Crippen molar-refractivity contribution in [3.63, 3.8) is 0 Å². The van der Waals surface area contributed by atoms with E-state index in [1.807, 2.05) is 0 Å². The molecule has 23 heavy (non-hydrogen) atoms. The molecule has 0 aliphatic rings. The van der Waals surface area contributed by atoms with Crippen LogP contribution in [0.15, 0.2) is 0 Å². The van der Waals surface area contributed by atoms with Gasteiger partial charge in [0.1, 0.15) is 0 Å². The maximum absolute atomic E-state index is 3.84. The normalized spacial score (nSPS) is 10.4. The Balaban J connectivity index is -0.000000333. The van der Waals surface area contributed by atoms with Gasteiger partial charge in [-0.05, 0) is 0 Å². The molecule has 0 atom stereocenters. The fourth-order valence-corrected chi connectivity index (χ4v) is 4.29. The molecule has 0 heterocycles. The summed E-state index contributed by atoms with van der Waals surface area (Å²) < 4.78 is 0. The van der Waals surface area contributed by atoms with E-state index in [4.69, 9.17) is 0 Å². The van der Waals surface area contributed by atoms with Crippen LogP contribution >= 0.6 is 0 Å². The Kier molecular flexibility index (Phi) is 31.7. The summed E-state index contributed by atoms with van der Waals surface area (Å²) in [6.45, 7) is 17.3. The average Bonchev–Trinajstić information content (AvgIpc) is 2.46. The second kappa shape index (κ2) is 25.3. The van der Waals surface area contributed by atoms with Crippen molar-refractivity contribution < 1.29 is 19.5 Å². The molecule has 0 N–H and O–H groups in total. The van der Waals surface area contributed by atoms with Gasteiger partial charge in [0, 0.05) is 17.6 Å². The second-order valence-corrected chi connectivity index (χ2v) is 13.0. The van der Waals surface area contributed by atoms with Crippen LogP contribution in [0.5, 0.6) is 0 Å². The largest absolute Gasteiger partial charge is 2.00 e. The third-order valence-corrected chi connectivity index (χ3v) is 6.56. The molecule has 0 saturated carbocycles. The first-order valence-electron chi connectivity index (χ1n) is 9.71. The van der Waals surface area contributed by atoms with Crippen molar-refractivity contribution in [2.24, 2.45) is 0 Å². The molecule has 0 unspecified atom stereocenters. The first kappa shape index (κ1) is 28.8. The molecule has 2 radical (unpaired) electrons. The minimum atomic E-state index is 0. The van der Waals surface area contributed by atoms with E-state index < -0.39 is 0 Å². The molecule has 0 amide bonds. The SMILES string of the molecule is [CH2-]CCCCCCC[Si](C)C.[CH2-]CCCCCCC[Si](C)C.[Zn+2]. The Hall–Kier alpha value is 1.06. The van der Waals surface area contributed by atoms with Crippen molar-refractivity contribution in [1.29, 1.82) is 0 Å². The molecule has 3 heteroatoms. The van der Waals surface area contributed by atoms with Crippen molar-refractivity contribution in [2.45, 2.75) is 115 Å². The van der Waals surface area contributed by atoms with Gasteiger partial charge in [0.2, 0.25) is 0 Å². The predicted octanol–water partition coefficient (Wildman–Crippen LogP) is 7.83. The summed E-state index contributed by atoms with van der Waals surface area (Å²) in [5.74, 6) is 0.